The van der Waals surface area contributed by atoms with E-state index in [0.717, 1.165) is 22.4 Å². The van der Waals surface area contributed by atoms with E-state index in [1.54, 1.807) is 7.11 Å². The number of aryl methyl sites for hydroxylation is 1. The van der Waals surface area contributed by atoms with Crippen molar-refractivity contribution in [3.63, 3.8) is 0 Å². The molecule has 0 bridgehead atoms. The van der Waals surface area contributed by atoms with Gasteiger partial charge >= 0.3 is 0 Å². The summed E-state index contributed by atoms with van der Waals surface area (Å²) in [5, 5.41) is 7.13. The largest absolute Gasteiger partial charge is 0.497 e. The van der Waals surface area contributed by atoms with Crippen LogP contribution in [0.3, 0.4) is 0 Å². The molecule has 1 atom stereocenters. The predicted molar refractivity (Wildman–Crippen MR) is 117 cm³/mol. The number of hydrogen-bond donors (Lipinski definition) is 1. The Bertz CT molecular complexity index is 1110. The molecule has 1 amide bonds. The summed E-state index contributed by atoms with van der Waals surface area (Å²) >= 11 is 0. The van der Waals surface area contributed by atoms with Crippen LogP contribution in [0.1, 0.15) is 29.5 Å². The molecule has 0 aliphatic carbocycles. The molecule has 3 aromatic carbocycles. The molecule has 1 heterocycles. The van der Waals surface area contributed by atoms with E-state index in [0.29, 0.717) is 18.1 Å². The molecule has 6 heteroatoms. The molecule has 0 aliphatic rings. The molecule has 1 aromatic heterocycles. The van der Waals surface area contributed by atoms with Crippen molar-refractivity contribution in [3.05, 3.63) is 102 Å². The van der Waals surface area contributed by atoms with Gasteiger partial charge in [-0.15, -0.1) is 0 Å². The predicted octanol–water partition coefficient (Wildman–Crippen LogP) is 4.58. The molecule has 0 aliphatic heterocycles. The van der Waals surface area contributed by atoms with E-state index < -0.39 is 0 Å². The standard InChI is InChI=1S/C25H23N3O3/c1-30-21-14-12-19(13-15-21)24(18-8-4-2-5-9-18)26-22(29)16-17-23-27-25(28-31-23)20-10-6-3-7-11-20/h2-15,24H,16-17H2,1H3,(H,26,29). The summed E-state index contributed by atoms with van der Waals surface area (Å²) in [7, 11) is 1.63. The van der Waals surface area contributed by atoms with Crippen LogP contribution in [0.5, 0.6) is 5.75 Å². The number of benzene rings is 3. The van der Waals surface area contributed by atoms with Gasteiger partial charge in [-0.1, -0.05) is 78.0 Å². The molecule has 0 saturated carbocycles. The minimum absolute atomic E-state index is 0.0934. The summed E-state index contributed by atoms with van der Waals surface area (Å²) in [4.78, 5) is 17.1. The van der Waals surface area contributed by atoms with Crippen LogP contribution in [0.2, 0.25) is 0 Å². The molecule has 1 N–H and O–H groups in total. The number of methoxy groups -OCH3 is 1. The van der Waals surface area contributed by atoms with Crippen LogP contribution in [-0.4, -0.2) is 23.2 Å². The zero-order valence-electron chi connectivity index (χ0n) is 17.2. The van der Waals surface area contributed by atoms with Gasteiger partial charge in [0.2, 0.25) is 17.6 Å². The van der Waals surface area contributed by atoms with Crippen molar-refractivity contribution in [3.8, 4) is 17.1 Å². The van der Waals surface area contributed by atoms with Crippen molar-refractivity contribution in [2.45, 2.75) is 18.9 Å². The van der Waals surface area contributed by atoms with Crippen molar-refractivity contribution in [1.29, 1.82) is 0 Å². The highest BCUT2D eigenvalue weighted by Gasteiger charge is 2.18. The van der Waals surface area contributed by atoms with Crippen molar-refractivity contribution < 1.29 is 14.1 Å². The third-order valence-electron chi connectivity index (χ3n) is 4.95. The molecule has 0 spiro atoms. The highest BCUT2D eigenvalue weighted by atomic mass is 16.5. The number of nitrogens with zero attached hydrogens (tertiary/aromatic N) is 2. The average Bonchev–Trinajstić information content (AvgIpc) is 3.32. The number of hydrogen-bond acceptors (Lipinski definition) is 5. The molecule has 0 radical (unpaired) electrons. The van der Waals surface area contributed by atoms with Gasteiger partial charge < -0.3 is 14.6 Å². The second-order valence-electron chi connectivity index (χ2n) is 7.06. The first-order valence-electron chi connectivity index (χ1n) is 10.1. The van der Waals surface area contributed by atoms with Crippen LogP contribution in [0.15, 0.2) is 89.5 Å². The number of carbonyl (C=O) groups excluding carboxylic acids is 1. The number of carbonyl (C=O) groups is 1. The lowest BCUT2D eigenvalue weighted by molar-refractivity contribution is -0.121. The Hall–Kier alpha value is -3.93. The van der Waals surface area contributed by atoms with Crippen molar-refractivity contribution in [1.82, 2.24) is 15.5 Å². The summed E-state index contributed by atoms with van der Waals surface area (Å²) in [6.07, 6.45) is 0.617. The fourth-order valence-electron chi connectivity index (χ4n) is 3.32. The SMILES string of the molecule is COc1ccc(C(NC(=O)CCc2nc(-c3ccccc3)no2)c2ccccc2)cc1. The first kappa shape index (κ1) is 20.3. The van der Waals surface area contributed by atoms with Crippen molar-refractivity contribution in [2.75, 3.05) is 7.11 Å². The highest BCUT2D eigenvalue weighted by molar-refractivity contribution is 5.77. The van der Waals surface area contributed by atoms with Crippen LogP contribution in [0.4, 0.5) is 0 Å². The van der Waals surface area contributed by atoms with Gasteiger partial charge in [-0.3, -0.25) is 4.79 Å². The molecule has 0 fully saturated rings. The van der Waals surface area contributed by atoms with Crippen LogP contribution < -0.4 is 10.1 Å². The smallest absolute Gasteiger partial charge is 0.227 e. The Morgan fingerprint density at radius 2 is 1.58 bits per heavy atom. The van der Waals surface area contributed by atoms with E-state index in [2.05, 4.69) is 15.5 Å². The molecule has 6 nitrogen and oxygen atoms in total. The van der Waals surface area contributed by atoms with Crippen LogP contribution in [-0.2, 0) is 11.2 Å². The zero-order valence-corrected chi connectivity index (χ0v) is 17.2. The van der Waals surface area contributed by atoms with E-state index in [9.17, 15) is 4.79 Å². The Labute approximate surface area is 180 Å². The fraction of sp³-hybridized carbons (Fsp3) is 0.160. The van der Waals surface area contributed by atoms with Gasteiger partial charge in [-0.25, -0.2) is 0 Å². The summed E-state index contributed by atoms with van der Waals surface area (Å²) in [6, 6.07) is 26.9. The Morgan fingerprint density at radius 3 is 2.26 bits per heavy atom. The summed E-state index contributed by atoms with van der Waals surface area (Å²) in [6.45, 7) is 0. The molecular formula is C25H23N3O3. The summed E-state index contributed by atoms with van der Waals surface area (Å²) in [5.74, 6) is 1.64. The first-order valence-corrected chi connectivity index (χ1v) is 10.1. The van der Waals surface area contributed by atoms with E-state index in [-0.39, 0.29) is 18.4 Å². The van der Waals surface area contributed by atoms with Gasteiger partial charge in [0.05, 0.1) is 13.2 Å². The first-order chi connectivity index (χ1) is 15.2. The number of rotatable bonds is 8. The van der Waals surface area contributed by atoms with Gasteiger partial charge in [0, 0.05) is 18.4 Å². The maximum atomic E-state index is 12.7. The van der Waals surface area contributed by atoms with Crippen LogP contribution in [0, 0.1) is 0 Å². The van der Waals surface area contributed by atoms with E-state index in [4.69, 9.17) is 9.26 Å². The van der Waals surface area contributed by atoms with Gasteiger partial charge in [-0.05, 0) is 23.3 Å². The quantitative estimate of drug-likeness (QED) is 0.457. The maximum Gasteiger partial charge on any atom is 0.227 e. The topological polar surface area (TPSA) is 77.2 Å². The molecule has 31 heavy (non-hydrogen) atoms. The number of amides is 1. The third kappa shape index (κ3) is 5.17. The Kier molecular flexibility index (Phi) is 6.38. The van der Waals surface area contributed by atoms with E-state index >= 15 is 0 Å². The monoisotopic (exact) mass is 413 g/mol. The molecule has 4 rings (SSSR count). The average molecular weight is 413 g/mol. The molecule has 1 unspecified atom stereocenters. The number of ether oxygens (including phenoxy) is 1. The molecular weight excluding hydrogens is 390 g/mol. The van der Waals surface area contributed by atoms with Crippen molar-refractivity contribution in [2.24, 2.45) is 0 Å². The Balaban J connectivity index is 1.43. The second kappa shape index (κ2) is 9.71. The van der Waals surface area contributed by atoms with Gasteiger partial charge in [-0.2, -0.15) is 4.98 Å². The highest BCUT2D eigenvalue weighted by Crippen LogP contribution is 2.24. The van der Waals surface area contributed by atoms with Gasteiger partial charge in [0.15, 0.2) is 0 Å². The third-order valence-corrected chi connectivity index (χ3v) is 4.95. The van der Waals surface area contributed by atoms with Gasteiger partial charge in [0.25, 0.3) is 0 Å². The lowest BCUT2D eigenvalue weighted by atomic mass is 9.98. The van der Waals surface area contributed by atoms with Crippen LogP contribution >= 0.6 is 0 Å². The minimum atomic E-state index is -0.262. The minimum Gasteiger partial charge on any atom is -0.497 e. The molecule has 0 saturated heterocycles. The maximum absolute atomic E-state index is 12.7. The summed E-state index contributed by atoms with van der Waals surface area (Å²) < 4.78 is 10.6. The van der Waals surface area contributed by atoms with Crippen molar-refractivity contribution >= 4 is 5.91 Å². The lowest BCUT2D eigenvalue weighted by Crippen LogP contribution is -2.29. The Morgan fingerprint density at radius 1 is 0.935 bits per heavy atom. The fourth-order valence-corrected chi connectivity index (χ4v) is 3.32. The van der Waals surface area contributed by atoms with Gasteiger partial charge in [0.1, 0.15) is 5.75 Å². The number of nitrogens with one attached hydrogen (secondary N) is 1. The van der Waals surface area contributed by atoms with E-state index in [1.165, 1.54) is 0 Å². The molecule has 4 aromatic rings. The molecule has 156 valence electrons. The normalized spacial score (nSPS) is 11.6. The zero-order chi connectivity index (χ0) is 21.5. The second-order valence-corrected chi connectivity index (χ2v) is 7.06. The number of aromatic nitrogens is 2. The van der Waals surface area contributed by atoms with Crippen LogP contribution in [0.25, 0.3) is 11.4 Å². The van der Waals surface area contributed by atoms with E-state index in [1.807, 2.05) is 84.9 Å². The summed E-state index contributed by atoms with van der Waals surface area (Å²) in [5.41, 5.74) is 2.86. The lowest BCUT2D eigenvalue weighted by Gasteiger charge is -2.20.